The number of nitrogens with zero attached hydrogens (tertiary/aromatic N) is 1. The zero-order valence-electron chi connectivity index (χ0n) is 11.9. The number of hydrogen-bond acceptors (Lipinski definition) is 2. The average molecular weight is 241 g/mol. The molecule has 1 rings (SSSR count). The Morgan fingerprint density at radius 2 is 1.82 bits per heavy atom. The minimum atomic E-state index is 0.0676. The molecular formula is C14H27NO2. The molecule has 0 unspecified atom stereocenters. The van der Waals surface area contributed by atoms with E-state index in [0.717, 1.165) is 25.9 Å². The van der Waals surface area contributed by atoms with Gasteiger partial charge in [0.05, 0.1) is 12.0 Å². The Kier molecular flexibility index (Phi) is 5.44. The highest BCUT2D eigenvalue weighted by atomic mass is 16.5. The van der Waals surface area contributed by atoms with Crippen LogP contribution < -0.4 is 0 Å². The zero-order chi connectivity index (χ0) is 13.0. The summed E-state index contributed by atoms with van der Waals surface area (Å²) in [6, 6.07) is 0.649. The van der Waals surface area contributed by atoms with E-state index in [9.17, 15) is 4.79 Å². The number of carbonyl (C=O) groups excluding carboxylic acids is 1. The number of hydrogen-bond donors (Lipinski definition) is 0. The van der Waals surface area contributed by atoms with Gasteiger partial charge in [-0.05, 0) is 40.0 Å². The highest BCUT2D eigenvalue weighted by molar-refractivity contribution is 5.80. The maximum atomic E-state index is 12.6. The van der Waals surface area contributed by atoms with Crippen molar-refractivity contribution in [1.82, 2.24) is 4.90 Å². The summed E-state index contributed by atoms with van der Waals surface area (Å²) in [4.78, 5) is 14.7. The molecule has 4 atom stereocenters. The predicted octanol–water partition coefficient (Wildman–Crippen LogP) is 2.84. The summed E-state index contributed by atoms with van der Waals surface area (Å²) in [5.74, 6) is 0.358. The lowest BCUT2D eigenvalue weighted by Gasteiger charge is -2.36. The van der Waals surface area contributed by atoms with Crippen molar-refractivity contribution in [1.29, 1.82) is 0 Å². The van der Waals surface area contributed by atoms with Gasteiger partial charge in [-0.15, -0.1) is 0 Å². The first kappa shape index (κ1) is 14.5. The second-order valence-electron chi connectivity index (χ2n) is 5.23. The molecule has 0 aliphatic carbocycles. The minimum Gasteiger partial charge on any atom is -0.378 e. The van der Waals surface area contributed by atoms with E-state index in [0.29, 0.717) is 18.0 Å². The molecule has 1 heterocycles. The van der Waals surface area contributed by atoms with E-state index in [-0.39, 0.29) is 12.0 Å². The Labute approximate surface area is 106 Å². The molecule has 0 aromatic carbocycles. The molecule has 0 saturated carbocycles. The molecule has 3 heteroatoms. The van der Waals surface area contributed by atoms with Crippen LogP contribution in [0.2, 0.25) is 0 Å². The van der Waals surface area contributed by atoms with Crippen molar-refractivity contribution in [2.45, 2.75) is 72.1 Å². The summed E-state index contributed by atoms with van der Waals surface area (Å²) in [6.07, 6.45) is 2.98. The summed E-state index contributed by atoms with van der Waals surface area (Å²) >= 11 is 0. The molecule has 1 aliphatic heterocycles. The normalized spacial score (nSPS) is 27.8. The topological polar surface area (TPSA) is 29.5 Å². The fraction of sp³-hybridized carbons (Fsp3) is 0.929. The van der Waals surface area contributed by atoms with Gasteiger partial charge in [-0.25, -0.2) is 0 Å². The Hall–Kier alpha value is -0.570. The lowest BCUT2D eigenvalue weighted by molar-refractivity contribution is -0.141. The first-order chi connectivity index (χ1) is 8.02. The van der Waals surface area contributed by atoms with Crippen molar-refractivity contribution in [3.63, 3.8) is 0 Å². The second-order valence-corrected chi connectivity index (χ2v) is 5.23. The summed E-state index contributed by atoms with van der Waals surface area (Å²) < 4.78 is 5.52. The van der Waals surface area contributed by atoms with Crippen LogP contribution in [0.4, 0.5) is 0 Å². The molecule has 0 radical (unpaired) electrons. The van der Waals surface area contributed by atoms with Gasteiger partial charge in [0.2, 0.25) is 5.91 Å². The first-order valence-electron chi connectivity index (χ1n) is 6.96. The molecule has 0 bridgehead atoms. The number of ether oxygens (including phenoxy) is 1. The van der Waals surface area contributed by atoms with Crippen LogP contribution in [-0.2, 0) is 9.53 Å². The van der Waals surface area contributed by atoms with E-state index in [1.165, 1.54) is 0 Å². The first-order valence-corrected chi connectivity index (χ1v) is 6.96. The molecule has 0 N–H and O–H groups in total. The van der Waals surface area contributed by atoms with E-state index in [2.05, 4.69) is 32.6 Å². The van der Waals surface area contributed by atoms with Crippen LogP contribution in [0.25, 0.3) is 0 Å². The number of amides is 1. The largest absolute Gasteiger partial charge is 0.378 e. The lowest BCUT2D eigenvalue weighted by Crippen LogP contribution is -2.48. The molecular weight excluding hydrogens is 214 g/mol. The van der Waals surface area contributed by atoms with Gasteiger partial charge in [0, 0.05) is 18.7 Å². The smallest absolute Gasteiger partial charge is 0.228 e. The Morgan fingerprint density at radius 1 is 1.29 bits per heavy atom. The molecule has 100 valence electrons. The Balaban J connectivity index is 2.78. The van der Waals surface area contributed by atoms with E-state index in [1.807, 2.05) is 6.92 Å². The minimum absolute atomic E-state index is 0.0676. The fourth-order valence-electron chi connectivity index (χ4n) is 2.51. The maximum Gasteiger partial charge on any atom is 0.228 e. The predicted molar refractivity (Wildman–Crippen MR) is 69.9 cm³/mol. The van der Waals surface area contributed by atoms with Crippen LogP contribution >= 0.6 is 0 Å². The van der Waals surface area contributed by atoms with Gasteiger partial charge in [0.15, 0.2) is 0 Å². The van der Waals surface area contributed by atoms with E-state index >= 15 is 0 Å². The van der Waals surface area contributed by atoms with Crippen molar-refractivity contribution in [2.24, 2.45) is 5.92 Å². The summed E-state index contributed by atoms with van der Waals surface area (Å²) in [5.41, 5.74) is 0. The quantitative estimate of drug-likeness (QED) is 0.740. The van der Waals surface area contributed by atoms with Crippen LogP contribution in [-0.4, -0.2) is 35.6 Å². The standard InChI is InChI=1S/C14H27NO2/c1-6-10(3)15(11(4)7-2)14(16)13-8-9-17-12(13)5/h10-13H,6-9H2,1-5H3/t10-,11+,12-,13-/m1/s1. The molecule has 1 amide bonds. The van der Waals surface area contributed by atoms with E-state index < -0.39 is 0 Å². The van der Waals surface area contributed by atoms with Gasteiger partial charge in [0.25, 0.3) is 0 Å². The van der Waals surface area contributed by atoms with E-state index in [4.69, 9.17) is 4.74 Å². The third-order valence-corrected chi connectivity index (χ3v) is 4.08. The van der Waals surface area contributed by atoms with Crippen LogP contribution in [0.15, 0.2) is 0 Å². The van der Waals surface area contributed by atoms with Gasteiger partial charge in [-0.3, -0.25) is 4.79 Å². The van der Waals surface area contributed by atoms with Crippen molar-refractivity contribution < 1.29 is 9.53 Å². The molecule has 0 aromatic heterocycles. The lowest BCUT2D eigenvalue weighted by atomic mass is 9.98. The van der Waals surface area contributed by atoms with Gasteiger partial charge >= 0.3 is 0 Å². The summed E-state index contributed by atoms with van der Waals surface area (Å²) in [7, 11) is 0. The average Bonchev–Trinajstić information content (AvgIpc) is 2.74. The van der Waals surface area contributed by atoms with Gasteiger partial charge in [-0.2, -0.15) is 0 Å². The third-order valence-electron chi connectivity index (χ3n) is 4.08. The van der Waals surface area contributed by atoms with Crippen molar-refractivity contribution in [3.05, 3.63) is 0 Å². The Bertz CT molecular complexity index is 245. The molecule has 0 aromatic rings. The van der Waals surface area contributed by atoms with Gasteiger partial charge in [-0.1, -0.05) is 13.8 Å². The van der Waals surface area contributed by atoms with E-state index in [1.54, 1.807) is 0 Å². The Morgan fingerprint density at radius 3 is 2.18 bits per heavy atom. The van der Waals surface area contributed by atoms with Gasteiger partial charge < -0.3 is 9.64 Å². The van der Waals surface area contributed by atoms with Crippen molar-refractivity contribution in [3.8, 4) is 0 Å². The fourth-order valence-corrected chi connectivity index (χ4v) is 2.51. The second kappa shape index (κ2) is 6.39. The molecule has 17 heavy (non-hydrogen) atoms. The highest BCUT2D eigenvalue weighted by Crippen LogP contribution is 2.25. The number of rotatable bonds is 5. The maximum absolute atomic E-state index is 12.6. The molecule has 0 spiro atoms. The number of carbonyl (C=O) groups is 1. The monoisotopic (exact) mass is 241 g/mol. The zero-order valence-corrected chi connectivity index (χ0v) is 11.9. The highest BCUT2D eigenvalue weighted by Gasteiger charge is 2.36. The summed E-state index contributed by atoms with van der Waals surface area (Å²) in [5, 5.41) is 0. The molecule has 1 saturated heterocycles. The van der Waals surface area contributed by atoms with Crippen LogP contribution in [0.1, 0.15) is 53.9 Å². The molecule has 1 fully saturated rings. The summed E-state index contributed by atoms with van der Waals surface area (Å²) in [6.45, 7) is 11.3. The van der Waals surface area contributed by atoms with Crippen molar-refractivity contribution >= 4 is 5.91 Å². The van der Waals surface area contributed by atoms with Gasteiger partial charge in [0.1, 0.15) is 0 Å². The SMILES string of the molecule is CC[C@@H](C)N(C(=O)[C@@H]1CCO[C@@H]1C)[C@@H](C)CC. The van der Waals surface area contributed by atoms with Crippen molar-refractivity contribution in [2.75, 3.05) is 6.61 Å². The molecule has 3 nitrogen and oxygen atoms in total. The van der Waals surface area contributed by atoms with Crippen LogP contribution in [0, 0.1) is 5.92 Å². The molecule has 1 aliphatic rings. The third kappa shape index (κ3) is 3.21. The van der Waals surface area contributed by atoms with Crippen LogP contribution in [0.3, 0.4) is 0 Å². The van der Waals surface area contributed by atoms with Crippen LogP contribution in [0.5, 0.6) is 0 Å².